The van der Waals surface area contributed by atoms with Gasteiger partial charge in [0.1, 0.15) is 19.4 Å². The molecule has 272 valence electrons. The number of anilines is 3. The molecule has 0 fully saturated rings. The standard InChI is InChI=1S/C22H16N6O2S2.C14H12N4OS2.CH4/c1-25-11-4-6-12(7-5-11)26-22(30)28-9-13-14(10-28)27-21-17(16(13)15-3-2-8-31-15)18(23)19(32-21)20(24)29;15-11-10-9(8-2-1-3-20-8)6-4-17-5-7(6)18-14(10)21-12(11)13(16)19;/h2-8H,9-10,23H2,(H2,24,29)(H,26,30);1-3,17H,4-5,15H2,(H2,16,19);1H4. The molecule has 2 aliphatic rings. The number of nitrogens with zero attached hydrogens (tertiary/aromatic N) is 4. The smallest absolute Gasteiger partial charge is 0.322 e. The molecule has 0 saturated carbocycles. The van der Waals surface area contributed by atoms with Gasteiger partial charge >= 0.3 is 6.03 Å². The SMILES string of the molecule is C.NC(=O)c1sc2nc3c(c(-c4cccs4)c2c1N)CNC3.[C-]#[N+]c1ccc(NC(=O)N2Cc3nc4sc(C(N)=O)c(N)c4c(-c4cccs4)c3C2)cc1. The number of thiophene rings is 4. The highest BCUT2D eigenvalue weighted by Gasteiger charge is 2.32. The van der Waals surface area contributed by atoms with Gasteiger partial charge in [0.2, 0.25) is 0 Å². The number of hydrogen-bond acceptors (Lipinski definition) is 12. The minimum atomic E-state index is -0.576. The van der Waals surface area contributed by atoms with Crippen LogP contribution in [0.1, 0.15) is 49.3 Å². The fraction of sp³-hybridized carbons (Fsp3) is 0.135. The lowest BCUT2D eigenvalue weighted by Crippen LogP contribution is -2.30. The van der Waals surface area contributed by atoms with Crippen LogP contribution in [0.3, 0.4) is 0 Å². The summed E-state index contributed by atoms with van der Waals surface area (Å²) in [4.78, 5) is 55.0. The molecule has 0 atom stereocenters. The Morgan fingerprint density at radius 1 is 0.778 bits per heavy atom. The fourth-order valence-electron chi connectivity index (χ4n) is 6.56. The second-order valence-electron chi connectivity index (χ2n) is 12.1. The van der Waals surface area contributed by atoms with E-state index in [1.807, 2.05) is 29.0 Å². The number of nitrogen functional groups attached to an aromatic ring is 2. The Morgan fingerprint density at radius 2 is 1.33 bits per heavy atom. The van der Waals surface area contributed by atoms with Crippen molar-refractivity contribution in [3.8, 4) is 20.9 Å². The molecule has 54 heavy (non-hydrogen) atoms. The topological polar surface area (TPSA) is 213 Å². The number of pyridine rings is 2. The fourth-order valence-corrected chi connectivity index (χ4v) is 10.1. The maximum atomic E-state index is 12.9. The summed E-state index contributed by atoms with van der Waals surface area (Å²) in [6.07, 6.45) is 0. The van der Waals surface area contributed by atoms with E-state index in [0.29, 0.717) is 55.8 Å². The molecule has 8 heterocycles. The average molecular weight is 793 g/mol. The minimum absolute atomic E-state index is 0. The lowest BCUT2D eigenvalue weighted by Gasteiger charge is -2.16. The molecule has 4 amide bonds. The zero-order valence-corrected chi connectivity index (χ0v) is 30.8. The van der Waals surface area contributed by atoms with Gasteiger partial charge in [0.25, 0.3) is 11.8 Å². The van der Waals surface area contributed by atoms with E-state index in [4.69, 9.17) is 34.5 Å². The third-order valence-electron chi connectivity index (χ3n) is 8.93. The summed E-state index contributed by atoms with van der Waals surface area (Å²) < 4.78 is 0. The molecular formula is C37H32N10O3S4. The lowest BCUT2D eigenvalue weighted by molar-refractivity contribution is 0.0996. The van der Waals surface area contributed by atoms with E-state index >= 15 is 0 Å². The molecule has 9 rings (SSSR count). The highest BCUT2D eigenvalue weighted by molar-refractivity contribution is 7.22. The molecule has 0 spiro atoms. The van der Waals surface area contributed by atoms with E-state index in [9.17, 15) is 14.4 Å². The van der Waals surface area contributed by atoms with Crippen molar-refractivity contribution in [3.63, 3.8) is 0 Å². The van der Waals surface area contributed by atoms with E-state index in [-0.39, 0.29) is 13.5 Å². The number of fused-ring (bicyclic) bond motifs is 4. The predicted octanol–water partition coefficient (Wildman–Crippen LogP) is 7.75. The maximum Gasteiger partial charge on any atom is 0.322 e. The molecular weight excluding hydrogens is 761 g/mol. The molecule has 17 heteroatoms. The number of nitrogens with two attached hydrogens (primary N) is 4. The largest absolute Gasteiger partial charge is 0.397 e. The van der Waals surface area contributed by atoms with Crippen molar-refractivity contribution in [2.75, 3.05) is 16.8 Å². The van der Waals surface area contributed by atoms with E-state index in [1.165, 1.54) is 28.2 Å². The zero-order valence-electron chi connectivity index (χ0n) is 27.6. The molecule has 13 nitrogen and oxygen atoms in total. The first-order valence-corrected chi connectivity index (χ1v) is 19.4. The Balaban J connectivity index is 0.000000177. The molecule has 10 N–H and O–H groups in total. The van der Waals surface area contributed by atoms with E-state index in [1.54, 1.807) is 51.8 Å². The normalized spacial score (nSPS) is 12.8. The Labute approximate surface area is 325 Å². The number of hydrogen-bond donors (Lipinski definition) is 6. The minimum Gasteiger partial charge on any atom is -0.397 e. The number of carbonyl (C=O) groups is 3. The van der Waals surface area contributed by atoms with Crippen molar-refractivity contribution >= 4 is 106 Å². The molecule has 2 aliphatic heterocycles. The van der Waals surface area contributed by atoms with Crippen LogP contribution in [0.4, 0.5) is 27.5 Å². The lowest BCUT2D eigenvalue weighted by atomic mass is 10.0. The molecule has 1 aromatic carbocycles. The quantitative estimate of drug-likeness (QED) is 0.0946. The van der Waals surface area contributed by atoms with Crippen molar-refractivity contribution in [3.05, 3.63) is 103 Å². The van der Waals surface area contributed by atoms with Crippen LogP contribution >= 0.6 is 45.3 Å². The van der Waals surface area contributed by atoms with Gasteiger partial charge in [0.15, 0.2) is 5.69 Å². The summed E-state index contributed by atoms with van der Waals surface area (Å²) in [6, 6.07) is 14.5. The molecule has 7 aromatic rings. The van der Waals surface area contributed by atoms with Gasteiger partial charge in [-0.25, -0.2) is 19.6 Å². The first kappa shape index (κ1) is 36.5. The van der Waals surface area contributed by atoms with Crippen LogP contribution in [0, 0.1) is 6.57 Å². The summed E-state index contributed by atoms with van der Waals surface area (Å²) in [6.45, 7) is 9.24. The maximum absolute atomic E-state index is 12.9. The second-order valence-corrected chi connectivity index (χ2v) is 16.0. The van der Waals surface area contributed by atoms with Crippen molar-refractivity contribution in [1.29, 1.82) is 0 Å². The van der Waals surface area contributed by atoms with Crippen LogP contribution in [-0.4, -0.2) is 32.7 Å². The monoisotopic (exact) mass is 792 g/mol. The van der Waals surface area contributed by atoms with Crippen molar-refractivity contribution in [2.24, 2.45) is 11.5 Å². The van der Waals surface area contributed by atoms with Gasteiger partial charge in [0.05, 0.1) is 42.4 Å². The Hall–Kier alpha value is -5.90. The third kappa shape index (κ3) is 6.29. The number of aromatic nitrogens is 2. The van der Waals surface area contributed by atoms with Crippen LogP contribution in [0.15, 0.2) is 59.3 Å². The van der Waals surface area contributed by atoms with Crippen LogP contribution < -0.4 is 33.6 Å². The van der Waals surface area contributed by atoms with Crippen LogP contribution in [0.25, 0.3) is 46.2 Å². The number of rotatable bonds is 5. The van der Waals surface area contributed by atoms with Crippen LogP contribution in [0.5, 0.6) is 0 Å². The number of urea groups is 1. The van der Waals surface area contributed by atoms with E-state index in [0.717, 1.165) is 61.1 Å². The van der Waals surface area contributed by atoms with Gasteiger partial charge in [-0.05, 0) is 40.6 Å². The second kappa shape index (κ2) is 14.5. The number of amides is 4. The Morgan fingerprint density at radius 3 is 1.85 bits per heavy atom. The van der Waals surface area contributed by atoms with Crippen molar-refractivity contribution in [1.82, 2.24) is 20.2 Å². The van der Waals surface area contributed by atoms with Crippen LogP contribution in [-0.2, 0) is 26.2 Å². The highest BCUT2D eigenvalue weighted by atomic mass is 32.1. The summed E-state index contributed by atoms with van der Waals surface area (Å²) in [7, 11) is 0. The number of carbonyl (C=O) groups excluding carboxylic acids is 3. The number of primary amides is 2. The summed E-state index contributed by atoms with van der Waals surface area (Å²) in [5.41, 5.74) is 31.2. The predicted molar refractivity (Wildman–Crippen MR) is 220 cm³/mol. The number of benzene rings is 1. The zero-order chi connectivity index (χ0) is 37.0. The molecule has 0 aliphatic carbocycles. The summed E-state index contributed by atoms with van der Waals surface area (Å²) in [5.74, 6) is -1.07. The molecule has 0 unspecified atom stereocenters. The number of nitrogens with one attached hydrogen (secondary N) is 2. The first-order chi connectivity index (χ1) is 25.6. The molecule has 0 saturated heterocycles. The van der Waals surface area contributed by atoms with Gasteiger partial charge in [-0.2, -0.15) is 0 Å². The van der Waals surface area contributed by atoms with Crippen molar-refractivity contribution < 1.29 is 14.4 Å². The molecule has 0 radical (unpaired) electrons. The summed E-state index contributed by atoms with van der Waals surface area (Å²) in [5, 5.41) is 11.8. The first-order valence-electron chi connectivity index (χ1n) is 16.0. The Kier molecular flexibility index (Phi) is 9.79. The van der Waals surface area contributed by atoms with Gasteiger partial charge in [-0.15, -0.1) is 45.3 Å². The molecule has 6 aromatic heterocycles. The van der Waals surface area contributed by atoms with Crippen molar-refractivity contribution in [2.45, 2.75) is 33.6 Å². The van der Waals surface area contributed by atoms with Gasteiger partial charge in [-0.3, -0.25) is 9.59 Å². The average Bonchev–Trinajstić information content (AvgIpc) is 4.00. The highest BCUT2D eigenvalue weighted by Crippen LogP contribution is 2.46. The van der Waals surface area contributed by atoms with E-state index in [2.05, 4.69) is 26.5 Å². The van der Waals surface area contributed by atoms with Crippen LogP contribution in [0.2, 0.25) is 0 Å². The van der Waals surface area contributed by atoms with E-state index < -0.39 is 11.8 Å². The van der Waals surface area contributed by atoms with Gasteiger partial charge in [0, 0.05) is 56.0 Å². The van der Waals surface area contributed by atoms with Gasteiger partial charge < -0.3 is 38.5 Å². The molecule has 0 bridgehead atoms. The summed E-state index contributed by atoms with van der Waals surface area (Å²) >= 11 is 5.67. The third-order valence-corrected chi connectivity index (χ3v) is 12.9. The van der Waals surface area contributed by atoms with Gasteiger partial charge in [-0.1, -0.05) is 31.7 Å². The Bertz CT molecular complexity index is 2640.